The fourth-order valence-electron chi connectivity index (χ4n) is 2.87. The van der Waals surface area contributed by atoms with Crippen molar-refractivity contribution in [1.29, 1.82) is 0 Å². The van der Waals surface area contributed by atoms with Crippen molar-refractivity contribution in [2.75, 3.05) is 0 Å². The monoisotopic (exact) mass is 331 g/mol. The number of aliphatic hydroxyl groups excluding tert-OH is 1. The van der Waals surface area contributed by atoms with E-state index >= 15 is 0 Å². The molecule has 2 heterocycles. The minimum absolute atomic E-state index is 0.206. The van der Waals surface area contributed by atoms with Gasteiger partial charge < -0.3 is 14.0 Å². The van der Waals surface area contributed by atoms with Gasteiger partial charge in [0.05, 0.1) is 25.0 Å². The highest BCUT2D eigenvalue weighted by Crippen LogP contribution is 2.33. The van der Waals surface area contributed by atoms with E-state index in [1.165, 1.54) is 0 Å². The van der Waals surface area contributed by atoms with Crippen molar-refractivity contribution in [1.82, 2.24) is 15.5 Å². The molecule has 7 heteroatoms. The zero-order chi connectivity index (χ0) is 15.8. The Morgan fingerprint density at radius 1 is 1.35 bits per heavy atom. The summed E-state index contributed by atoms with van der Waals surface area (Å²) >= 11 is 6.05. The van der Waals surface area contributed by atoms with E-state index < -0.39 is 6.10 Å². The molecule has 1 aliphatic rings. The van der Waals surface area contributed by atoms with Crippen LogP contribution in [0.2, 0.25) is 5.02 Å². The fourth-order valence-corrected chi connectivity index (χ4v) is 3.05. The van der Waals surface area contributed by atoms with Gasteiger partial charge in [0, 0.05) is 11.4 Å². The van der Waals surface area contributed by atoms with Crippen LogP contribution in [0.1, 0.15) is 23.1 Å². The normalized spacial score (nSPS) is 19.9. The molecule has 0 amide bonds. The molecule has 2 aromatic heterocycles. The van der Waals surface area contributed by atoms with E-state index in [1.54, 1.807) is 18.4 Å². The molecule has 118 valence electrons. The van der Waals surface area contributed by atoms with Crippen molar-refractivity contribution >= 4 is 11.6 Å². The predicted octanol–water partition coefficient (Wildman–Crippen LogP) is 2.73. The van der Waals surface area contributed by atoms with E-state index in [0.29, 0.717) is 35.5 Å². The van der Waals surface area contributed by atoms with Crippen molar-refractivity contribution in [2.45, 2.75) is 25.1 Å². The largest absolute Gasteiger partial charge is 0.461 e. The summed E-state index contributed by atoms with van der Waals surface area (Å²) in [6.07, 6.45) is 1.65. The molecule has 4 rings (SSSR count). The van der Waals surface area contributed by atoms with E-state index in [0.717, 1.165) is 11.1 Å². The maximum absolute atomic E-state index is 10.2. The first-order valence-electron chi connectivity index (χ1n) is 7.27. The SMILES string of the molecule is O[C@@H]1Cc2ccc(Cl)cc2C1NCc1nc(-c2ccco2)no1. The summed E-state index contributed by atoms with van der Waals surface area (Å²) in [4.78, 5) is 4.27. The van der Waals surface area contributed by atoms with E-state index in [1.807, 2.05) is 18.2 Å². The first-order chi connectivity index (χ1) is 11.2. The van der Waals surface area contributed by atoms with Crippen molar-refractivity contribution in [3.05, 3.63) is 58.6 Å². The van der Waals surface area contributed by atoms with E-state index in [2.05, 4.69) is 15.5 Å². The van der Waals surface area contributed by atoms with Gasteiger partial charge in [-0.3, -0.25) is 5.32 Å². The molecule has 1 aromatic carbocycles. The predicted molar refractivity (Wildman–Crippen MR) is 82.7 cm³/mol. The molecule has 0 fully saturated rings. The average molecular weight is 332 g/mol. The molecule has 0 radical (unpaired) electrons. The van der Waals surface area contributed by atoms with Crippen LogP contribution in [-0.4, -0.2) is 21.4 Å². The lowest BCUT2D eigenvalue weighted by atomic mass is 10.1. The molecular formula is C16H14ClN3O3. The lowest BCUT2D eigenvalue weighted by molar-refractivity contribution is 0.138. The molecule has 0 saturated heterocycles. The Bertz CT molecular complexity index is 816. The van der Waals surface area contributed by atoms with Gasteiger partial charge in [0.2, 0.25) is 11.7 Å². The van der Waals surface area contributed by atoms with Gasteiger partial charge in [-0.1, -0.05) is 22.8 Å². The topological polar surface area (TPSA) is 84.3 Å². The van der Waals surface area contributed by atoms with Crippen molar-refractivity contribution in [3.8, 4) is 11.6 Å². The van der Waals surface area contributed by atoms with Crippen LogP contribution in [0.4, 0.5) is 0 Å². The lowest BCUT2D eigenvalue weighted by Crippen LogP contribution is -2.28. The summed E-state index contributed by atoms with van der Waals surface area (Å²) < 4.78 is 10.4. The van der Waals surface area contributed by atoms with Gasteiger partial charge >= 0.3 is 0 Å². The number of hydrogen-bond donors (Lipinski definition) is 2. The van der Waals surface area contributed by atoms with Crippen LogP contribution < -0.4 is 5.32 Å². The first kappa shape index (κ1) is 14.4. The van der Waals surface area contributed by atoms with Crippen molar-refractivity contribution in [2.24, 2.45) is 0 Å². The van der Waals surface area contributed by atoms with Gasteiger partial charge in [0.25, 0.3) is 0 Å². The third-order valence-electron chi connectivity index (χ3n) is 3.94. The Labute approximate surface area is 137 Å². The van der Waals surface area contributed by atoms with Gasteiger partial charge in [0.15, 0.2) is 5.76 Å². The van der Waals surface area contributed by atoms with E-state index in [-0.39, 0.29) is 6.04 Å². The number of halogens is 1. The molecular weight excluding hydrogens is 318 g/mol. The lowest BCUT2D eigenvalue weighted by Gasteiger charge is -2.16. The molecule has 0 aliphatic heterocycles. The summed E-state index contributed by atoms with van der Waals surface area (Å²) in [6.45, 7) is 0.349. The second kappa shape index (κ2) is 5.81. The van der Waals surface area contributed by atoms with Crippen LogP contribution in [-0.2, 0) is 13.0 Å². The minimum Gasteiger partial charge on any atom is -0.461 e. The first-order valence-corrected chi connectivity index (χ1v) is 7.65. The van der Waals surface area contributed by atoms with Crippen molar-refractivity contribution < 1.29 is 14.0 Å². The van der Waals surface area contributed by atoms with E-state index in [9.17, 15) is 5.11 Å². The zero-order valence-corrected chi connectivity index (χ0v) is 12.8. The molecule has 2 N–H and O–H groups in total. The molecule has 1 aliphatic carbocycles. The second-order valence-electron chi connectivity index (χ2n) is 5.46. The zero-order valence-electron chi connectivity index (χ0n) is 12.1. The molecule has 0 spiro atoms. The number of furan rings is 1. The summed E-state index contributed by atoms with van der Waals surface area (Å²) in [6, 6.07) is 8.99. The Balaban J connectivity index is 1.49. The van der Waals surface area contributed by atoms with Gasteiger partial charge in [-0.15, -0.1) is 0 Å². The second-order valence-corrected chi connectivity index (χ2v) is 5.90. The highest BCUT2D eigenvalue weighted by Gasteiger charge is 2.31. The fraction of sp³-hybridized carbons (Fsp3) is 0.250. The molecule has 0 bridgehead atoms. The quantitative estimate of drug-likeness (QED) is 0.764. The Morgan fingerprint density at radius 2 is 2.26 bits per heavy atom. The average Bonchev–Trinajstić information content (AvgIpc) is 3.24. The van der Waals surface area contributed by atoms with Crippen molar-refractivity contribution in [3.63, 3.8) is 0 Å². The Kier molecular flexibility index (Phi) is 3.65. The van der Waals surface area contributed by atoms with Crippen LogP contribution in [0.15, 0.2) is 45.5 Å². The molecule has 2 atom stereocenters. The summed E-state index contributed by atoms with van der Waals surface area (Å²) in [7, 11) is 0. The van der Waals surface area contributed by atoms with Gasteiger partial charge in [-0.05, 0) is 35.4 Å². The number of benzene rings is 1. The minimum atomic E-state index is -0.504. The third kappa shape index (κ3) is 2.76. The molecule has 0 saturated carbocycles. The number of hydrogen-bond acceptors (Lipinski definition) is 6. The maximum atomic E-state index is 10.2. The van der Waals surface area contributed by atoms with Crippen LogP contribution in [0.3, 0.4) is 0 Å². The molecule has 6 nitrogen and oxygen atoms in total. The van der Waals surface area contributed by atoms with Crippen LogP contribution in [0.5, 0.6) is 0 Å². The summed E-state index contributed by atoms with van der Waals surface area (Å²) in [5.74, 6) is 1.39. The number of aliphatic hydroxyl groups is 1. The van der Waals surface area contributed by atoms with Crippen LogP contribution in [0.25, 0.3) is 11.6 Å². The van der Waals surface area contributed by atoms with Crippen LogP contribution in [0, 0.1) is 0 Å². The van der Waals surface area contributed by atoms with E-state index in [4.69, 9.17) is 20.5 Å². The smallest absolute Gasteiger partial charge is 0.241 e. The highest BCUT2D eigenvalue weighted by atomic mass is 35.5. The number of fused-ring (bicyclic) bond motifs is 1. The summed E-state index contributed by atoms with van der Waals surface area (Å²) in [5, 5.41) is 18.0. The Morgan fingerprint density at radius 3 is 3.09 bits per heavy atom. The molecule has 3 aromatic rings. The third-order valence-corrected chi connectivity index (χ3v) is 4.17. The number of aromatic nitrogens is 2. The number of nitrogens with zero attached hydrogens (tertiary/aromatic N) is 2. The molecule has 23 heavy (non-hydrogen) atoms. The standard InChI is InChI=1S/C16H14ClN3O3/c17-10-4-3-9-6-12(21)15(11(9)7-10)18-8-14-19-16(20-23-14)13-2-1-5-22-13/h1-5,7,12,15,18,21H,6,8H2/t12-,15?/m1/s1. The highest BCUT2D eigenvalue weighted by molar-refractivity contribution is 6.30. The molecule has 1 unspecified atom stereocenters. The number of nitrogens with one attached hydrogen (secondary N) is 1. The van der Waals surface area contributed by atoms with Gasteiger partial charge in [0.1, 0.15) is 0 Å². The summed E-state index contributed by atoms with van der Waals surface area (Å²) in [5.41, 5.74) is 2.11. The van der Waals surface area contributed by atoms with Crippen LogP contribution >= 0.6 is 11.6 Å². The Hall–Kier alpha value is -2.15. The van der Waals surface area contributed by atoms with Gasteiger partial charge in [-0.2, -0.15) is 4.98 Å². The number of rotatable bonds is 4. The van der Waals surface area contributed by atoms with Gasteiger partial charge in [-0.25, -0.2) is 0 Å². The maximum Gasteiger partial charge on any atom is 0.241 e.